The number of nitrogens with one attached hydrogen (secondary N) is 1. The zero-order valence-electron chi connectivity index (χ0n) is 18.3. The second-order valence-corrected chi connectivity index (χ2v) is 8.06. The predicted octanol–water partition coefficient (Wildman–Crippen LogP) is 5.15. The van der Waals surface area contributed by atoms with E-state index in [2.05, 4.69) is 11.4 Å². The fourth-order valence-electron chi connectivity index (χ4n) is 3.71. The van der Waals surface area contributed by atoms with Crippen LogP contribution in [0.5, 0.6) is 5.75 Å². The van der Waals surface area contributed by atoms with Gasteiger partial charge in [0.1, 0.15) is 18.4 Å². The molecule has 2 N–H and O–H groups in total. The number of ether oxygens (including phenoxy) is 1. The molecule has 0 saturated heterocycles. The van der Waals surface area contributed by atoms with Gasteiger partial charge in [0.25, 0.3) is 5.91 Å². The van der Waals surface area contributed by atoms with Crippen LogP contribution in [0.1, 0.15) is 27.0 Å². The van der Waals surface area contributed by atoms with Crippen molar-refractivity contribution >= 4 is 22.6 Å². The van der Waals surface area contributed by atoms with E-state index in [0.29, 0.717) is 12.2 Å². The first-order chi connectivity index (χ1) is 16.0. The maximum atomic E-state index is 12.7. The van der Waals surface area contributed by atoms with Crippen molar-refractivity contribution in [2.45, 2.75) is 26.0 Å². The summed E-state index contributed by atoms with van der Waals surface area (Å²) in [6.07, 6.45) is 0.219. The summed E-state index contributed by atoms with van der Waals surface area (Å²) >= 11 is 0. The van der Waals surface area contributed by atoms with Gasteiger partial charge in [0.2, 0.25) is 0 Å². The number of fused-ring (bicyclic) bond motifs is 1. The van der Waals surface area contributed by atoms with Gasteiger partial charge in [-0.3, -0.25) is 4.79 Å². The first-order valence-electron chi connectivity index (χ1n) is 10.8. The maximum Gasteiger partial charge on any atom is 0.326 e. The number of carboxylic acids is 1. The molecule has 4 aromatic rings. The number of carbonyl (C=O) groups excluding carboxylic acids is 1. The van der Waals surface area contributed by atoms with Crippen molar-refractivity contribution in [1.29, 1.82) is 0 Å². The van der Waals surface area contributed by atoms with Crippen LogP contribution in [-0.2, 0) is 17.8 Å². The molecule has 5 heteroatoms. The minimum atomic E-state index is -1.07. The predicted molar refractivity (Wildman–Crippen MR) is 128 cm³/mol. The summed E-state index contributed by atoms with van der Waals surface area (Å²) in [6, 6.07) is 27.4. The molecule has 1 amide bonds. The first kappa shape index (κ1) is 22.1. The van der Waals surface area contributed by atoms with E-state index in [9.17, 15) is 14.7 Å². The summed E-state index contributed by atoms with van der Waals surface area (Å²) in [4.78, 5) is 24.4. The van der Waals surface area contributed by atoms with E-state index < -0.39 is 17.9 Å². The van der Waals surface area contributed by atoms with Crippen molar-refractivity contribution in [3.05, 3.63) is 113 Å². The molecule has 0 heterocycles. The molecule has 4 aromatic carbocycles. The van der Waals surface area contributed by atoms with E-state index in [0.717, 1.165) is 27.6 Å². The van der Waals surface area contributed by atoms with E-state index in [4.69, 9.17) is 4.74 Å². The molecule has 166 valence electrons. The van der Waals surface area contributed by atoms with Crippen molar-refractivity contribution in [3.8, 4) is 5.75 Å². The van der Waals surface area contributed by atoms with Crippen molar-refractivity contribution in [2.75, 3.05) is 0 Å². The van der Waals surface area contributed by atoms with Gasteiger partial charge in [-0.1, -0.05) is 72.3 Å². The average Bonchev–Trinajstić information content (AvgIpc) is 2.82. The van der Waals surface area contributed by atoms with Gasteiger partial charge in [0, 0.05) is 12.0 Å². The largest absolute Gasteiger partial charge is 0.489 e. The van der Waals surface area contributed by atoms with Gasteiger partial charge in [-0.15, -0.1) is 0 Å². The van der Waals surface area contributed by atoms with Crippen LogP contribution in [0, 0.1) is 6.92 Å². The van der Waals surface area contributed by atoms with Gasteiger partial charge in [-0.05, 0) is 53.1 Å². The summed E-state index contributed by atoms with van der Waals surface area (Å²) in [7, 11) is 0. The number of carbonyl (C=O) groups is 2. The molecule has 33 heavy (non-hydrogen) atoms. The number of aliphatic carboxylic acids is 1. The Hall–Kier alpha value is -4.12. The lowest BCUT2D eigenvalue weighted by Crippen LogP contribution is -2.42. The highest BCUT2D eigenvalue weighted by Gasteiger charge is 2.21. The zero-order valence-corrected chi connectivity index (χ0v) is 18.3. The van der Waals surface area contributed by atoms with Crippen LogP contribution in [0.2, 0.25) is 0 Å². The molecule has 0 aliphatic carbocycles. The third-order valence-corrected chi connectivity index (χ3v) is 5.45. The van der Waals surface area contributed by atoms with Crippen LogP contribution in [0.15, 0.2) is 91.0 Å². The Morgan fingerprint density at radius 2 is 1.58 bits per heavy atom. The second kappa shape index (κ2) is 10.0. The molecule has 0 aliphatic rings. The van der Waals surface area contributed by atoms with E-state index in [-0.39, 0.29) is 6.42 Å². The second-order valence-electron chi connectivity index (χ2n) is 8.06. The Labute approximate surface area is 192 Å². The molecule has 0 radical (unpaired) electrons. The number of carboxylic acid groups (broad SMARTS) is 1. The lowest BCUT2D eigenvalue weighted by molar-refractivity contribution is -0.139. The van der Waals surface area contributed by atoms with Crippen LogP contribution >= 0.6 is 0 Å². The molecule has 1 unspecified atom stereocenters. The Kier molecular flexibility index (Phi) is 6.69. The van der Waals surface area contributed by atoms with E-state index in [1.165, 1.54) is 5.56 Å². The molecule has 0 spiro atoms. The van der Waals surface area contributed by atoms with Crippen LogP contribution in [0.3, 0.4) is 0 Å². The van der Waals surface area contributed by atoms with Crippen molar-refractivity contribution in [1.82, 2.24) is 5.32 Å². The molecule has 1 atom stereocenters. The Bertz CT molecular complexity index is 1280. The summed E-state index contributed by atoms with van der Waals surface area (Å²) in [5, 5.41) is 14.0. The minimum absolute atomic E-state index is 0.219. The van der Waals surface area contributed by atoms with E-state index in [1.807, 2.05) is 79.7 Å². The maximum absolute atomic E-state index is 12.7. The van der Waals surface area contributed by atoms with Crippen LogP contribution in [0.25, 0.3) is 10.8 Å². The zero-order chi connectivity index (χ0) is 23.2. The van der Waals surface area contributed by atoms with Crippen LogP contribution in [0.4, 0.5) is 0 Å². The number of hydrogen-bond acceptors (Lipinski definition) is 3. The molecular formula is C28H25NO4. The number of benzene rings is 4. The smallest absolute Gasteiger partial charge is 0.326 e. The van der Waals surface area contributed by atoms with Gasteiger partial charge in [-0.2, -0.15) is 0 Å². The number of rotatable bonds is 8. The van der Waals surface area contributed by atoms with E-state index in [1.54, 1.807) is 12.1 Å². The lowest BCUT2D eigenvalue weighted by Gasteiger charge is -2.15. The Morgan fingerprint density at radius 1 is 0.848 bits per heavy atom. The van der Waals surface area contributed by atoms with Crippen LogP contribution in [-0.4, -0.2) is 23.0 Å². The summed E-state index contributed by atoms with van der Waals surface area (Å²) in [6.45, 7) is 2.53. The Balaban J connectivity index is 1.45. The molecule has 0 bridgehead atoms. The van der Waals surface area contributed by atoms with Gasteiger partial charge < -0.3 is 15.2 Å². The fourth-order valence-corrected chi connectivity index (χ4v) is 3.71. The molecule has 0 fully saturated rings. The standard InChI is InChI=1S/C28H25NO4/c1-19-6-5-9-21(14-19)18-33-25-13-12-22-16-24(11-10-23(22)17-25)27(30)29-26(28(31)32)15-20-7-3-2-4-8-20/h2-14,16-17,26H,15,18H2,1H3,(H,29,30)(H,31,32). The number of hydrogen-bond donors (Lipinski definition) is 2. The van der Waals surface area contributed by atoms with E-state index >= 15 is 0 Å². The van der Waals surface area contributed by atoms with Crippen molar-refractivity contribution in [3.63, 3.8) is 0 Å². The Morgan fingerprint density at radius 3 is 2.33 bits per heavy atom. The topological polar surface area (TPSA) is 75.6 Å². The van der Waals surface area contributed by atoms with Gasteiger partial charge in [0.05, 0.1) is 0 Å². The first-order valence-corrected chi connectivity index (χ1v) is 10.8. The summed E-state index contributed by atoms with van der Waals surface area (Å²) < 4.78 is 5.92. The summed E-state index contributed by atoms with van der Waals surface area (Å²) in [5.41, 5.74) is 3.55. The van der Waals surface area contributed by atoms with Gasteiger partial charge >= 0.3 is 5.97 Å². The third-order valence-electron chi connectivity index (χ3n) is 5.45. The van der Waals surface area contributed by atoms with Gasteiger partial charge in [-0.25, -0.2) is 4.79 Å². The quantitative estimate of drug-likeness (QED) is 0.398. The highest BCUT2D eigenvalue weighted by atomic mass is 16.5. The van der Waals surface area contributed by atoms with Crippen molar-refractivity contribution in [2.24, 2.45) is 0 Å². The molecule has 0 aromatic heterocycles. The number of aryl methyl sites for hydroxylation is 1. The fraction of sp³-hybridized carbons (Fsp3) is 0.143. The molecule has 4 rings (SSSR count). The van der Waals surface area contributed by atoms with Gasteiger partial charge in [0.15, 0.2) is 0 Å². The molecule has 0 saturated carbocycles. The highest BCUT2D eigenvalue weighted by Crippen LogP contribution is 2.23. The highest BCUT2D eigenvalue weighted by molar-refractivity contribution is 6.00. The average molecular weight is 440 g/mol. The minimum Gasteiger partial charge on any atom is -0.489 e. The molecule has 5 nitrogen and oxygen atoms in total. The number of amides is 1. The molecule has 0 aliphatic heterocycles. The third kappa shape index (κ3) is 5.77. The SMILES string of the molecule is Cc1cccc(COc2ccc3cc(C(=O)NC(Cc4ccccc4)C(=O)O)ccc3c2)c1. The lowest BCUT2D eigenvalue weighted by atomic mass is 10.0. The summed E-state index contributed by atoms with van der Waals surface area (Å²) in [5.74, 6) is -0.738. The van der Waals surface area contributed by atoms with Crippen LogP contribution < -0.4 is 10.1 Å². The monoisotopic (exact) mass is 439 g/mol. The van der Waals surface area contributed by atoms with Crippen molar-refractivity contribution < 1.29 is 19.4 Å². The normalized spacial score (nSPS) is 11.7. The molecular weight excluding hydrogens is 414 g/mol.